The van der Waals surface area contributed by atoms with Crippen molar-refractivity contribution in [3.05, 3.63) is 59.7 Å². The molecule has 0 bridgehead atoms. The third kappa shape index (κ3) is 9.86. The summed E-state index contributed by atoms with van der Waals surface area (Å²) < 4.78 is 30.0. The summed E-state index contributed by atoms with van der Waals surface area (Å²) in [5, 5.41) is 3.87. The second-order valence-electron chi connectivity index (χ2n) is 8.20. The van der Waals surface area contributed by atoms with Gasteiger partial charge >= 0.3 is 0 Å². The van der Waals surface area contributed by atoms with Crippen molar-refractivity contribution in [2.45, 2.75) is 82.4 Å². The predicted octanol–water partition coefficient (Wildman–Crippen LogP) is 6.47. The minimum Gasteiger partial charge on any atom is -0.497 e. The molecule has 0 aliphatic rings. The summed E-state index contributed by atoms with van der Waals surface area (Å²) in [5.41, 5.74) is 1.95. The van der Waals surface area contributed by atoms with Crippen molar-refractivity contribution in [1.29, 1.82) is 0 Å². The number of methoxy groups -OCH3 is 1. The molecule has 0 saturated carbocycles. The van der Waals surface area contributed by atoms with Crippen LogP contribution in [-0.2, 0) is 16.4 Å². The van der Waals surface area contributed by atoms with E-state index in [-0.39, 0.29) is 4.90 Å². The SMILES string of the molecule is CCCCCCCCCCCCc1ccc(S(=O)(=O)N/N=C\c2ccc(OC)cc2)cc1. The van der Waals surface area contributed by atoms with Gasteiger partial charge in [0.2, 0.25) is 0 Å². The van der Waals surface area contributed by atoms with Crippen molar-refractivity contribution >= 4 is 16.2 Å². The monoisotopic (exact) mass is 458 g/mol. The molecule has 0 saturated heterocycles. The van der Waals surface area contributed by atoms with Crippen molar-refractivity contribution in [3.63, 3.8) is 0 Å². The molecule has 2 rings (SSSR count). The van der Waals surface area contributed by atoms with Gasteiger partial charge in [0, 0.05) is 0 Å². The molecule has 2 aromatic carbocycles. The minimum absolute atomic E-state index is 0.219. The van der Waals surface area contributed by atoms with Crippen molar-refractivity contribution < 1.29 is 13.2 Å². The Bertz CT molecular complexity index is 892. The van der Waals surface area contributed by atoms with Gasteiger partial charge in [-0.25, -0.2) is 4.83 Å². The van der Waals surface area contributed by atoms with Crippen molar-refractivity contribution in [2.24, 2.45) is 5.10 Å². The Hall–Kier alpha value is -2.34. The van der Waals surface area contributed by atoms with Crippen LogP contribution in [0.3, 0.4) is 0 Å². The highest BCUT2D eigenvalue weighted by molar-refractivity contribution is 7.89. The van der Waals surface area contributed by atoms with Crippen molar-refractivity contribution in [2.75, 3.05) is 7.11 Å². The number of hydrogen-bond acceptors (Lipinski definition) is 4. The Morgan fingerprint density at radius 1 is 0.812 bits per heavy atom. The molecule has 0 aliphatic heterocycles. The van der Waals surface area contributed by atoms with Gasteiger partial charge in [-0.05, 0) is 60.4 Å². The summed E-state index contributed by atoms with van der Waals surface area (Å²) in [5.74, 6) is 0.737. The van der Waals surface area contributed by atoms with E-state index < -0.39 is 10.0 Å². The largest absolute Gasteiger partial charge is 0.497 e. The number of benzene rings is 2. The zero-order valence-electron chi connectivity index (χ0n) is 19.6. The van der Waals surface area contributed by atoms with Crippen LogP contribution >= 0.6 is 0 Å². The molecule has 1 N–H and O–H groups in total. The van der Waals surface area contributed by atoms with Gasteiger partial charge in [-0.2, -0.15) is 13.5 Å². The Morgan fingerprint density at radius 2 is 1.38 bits per heavy atom. The van der Waals surface area contributed by atoms with Gasteiger partial charge in [-0.3, -0.25) is 0 Å². The molecule has 5 nitrogen and oxygen atoms in total. The van der Waals surface area contributed by atoms with Gasteiger partial charge in [0.05, 0.1) is 18.2 Å². The Labute approximate surface area is 194 Å². The molecule has 0 fully saturated rings. The number of unbranched alkanes of at least 4 members (excludes halogenated alkanes) is 9. The van der Waals surface area contributed by atoms with Gasteiger partial charge in [0.25, 0.3) is 10.0 Å². The summed E-state index contributed by atoms with van der Waals surface area (Å²) in [6.07, 6.45) is 15.6. The van der Waals surface area contributed by atoms with E-state index in [0.717, 1.165) is 24.2 Å². The normalized spacial score (nSPS) is 11.7. The summed E-state index contributed by atoms with van der Waals surface area (Å²) >= 11 is 0. The molecule has 0 aliphatic carbocycles. The quantitative estimate of drug-likeness (QED) is 0.178. The van der Waals surface area contributed by atoms with E-state index in [0.29, 0.717) is 0 Å². The standard InChI is InChI=1S/C26H38N2O3S/c1-3-4-5-6-7-8-9-10-11-12-13-23-16-20-26(21-17-23)32(29,30)28-27-22-24-14-18-25(31-2)19-15-24/h14-22,28H,3-13H2,1-2H3/b27-22-. The highest BCUT2D eigenvalue weighted by Gasteiger charge is 2.12. The van der Waals surface area contributed by atoms with Crippen LogP contribution in [0.15, 0.2) is 58.5 Å². The number of sulfonamides is 1. The second-order valence-corrected chi connectivity index (χ2v) is 9.86. The number of rotatable bonds is 16. The van der Waals surface area contributed by atoms with Crippen LogP contribution in [0.25, 0.3) is 0 Å². The lowest BCUT2D eigenvalue weighted by atomic mass is 10.0. The molecule has 6 heteroatoms. The summed E-state index contributed by atoms with van der Waals surface area (Å²) in [6, 6.07) is 14.3. The number of hydrazone groups is 1. The first-order valence-electron chi connectivity index (χ1n) is 11.8. The van der Waals surface area contributed by atoms with Gasteiger partial charge in [0.15, 0.2) is 0 Å². The van der Waals surface area contributed by atoms with Crippen LogP contribution in [0.2, 0.25) is 0 Å². The molecule has 0 amide bonds. The maximum Gasteiger partial charge on any atom is 0.276 e. The fraction of sp³-hybridized carbons (Fsp3) is 0.500. The Morgan fingerprint density at radius 3 is 1.94 bits per heavy atom. The highest BCUT2D eigenvalue weighted by atomic mass is 32.2. The van der Waals surface area contributed by atoms with Crippen LogP contribution in [0.4, 0.5) is 0 Å². The number of nitrogens with one attached hydrogen (secondary N) is 1. The van der Waals surface area contributed by atoms with E-state index in [1.54, 1.807) is 43.5 Å². The molecule has 176 valence electrons. The lowest BCUT2D eigenvalue weighted by molar-refractivity contribution is 0.415. The third-order valence-electron chi connectivity index (χ3n) is 5.55. The van der Waals surface area contributed by atoms with E-state index in [1.165, 1.54) is 69.6 Å². The summed E-state index contributed by atoms with van der Waals surface area (Å²) in [4.78, 5) is 2.49. The third-order valence-corrected chi connectivity index (χ3v) is 6.79. The van der Waals surface area contributed by atoms with Crippen molar-refractivity contribution in [1.82, 2.24) is 4.83 Å². The number of hydrogen-bond donors (Lipinski definition) is 1. The maximum absolute atomic E-state index is 12.4. The predicted molar refractivity (Wildman–Crippen MR) is 133 cm³/mol. The highest BCUT2D eigenvalue weighted by Crippen LogP contribution is 2.15. The van der Waals surface area contributed by atoms with Gasteiger partial charge in [0.1, 0.15) is 5.75 Å². The summed E-state index contributed by atoms with van der Waals surface area (Å²) in [6.45, 7) is 2.25. The lowest BCUT2D eigenvalue weighted by Gasteiger charge is -2.06. The minimum atomic E-state index is -3.68. The maximum atomic E-state index is 12.4. The summed E-state index contributed by atoms with van der Waals surface area (Å²) in [7, 11) is -2.08. The zero-order valence-corrected chi connectivity index (χ0v) is 20.4. The molecule has 0 atom stereocenters. The van der Waals surface area contributed by atoms with E-state index in [9.17, 15) is 8.42 Å². The topological polar surface area (TPSA) is 67.8 Å². The molecule has 32 heavy (non-hydrogen) atoms. The average molecular weight is 459 g/mol. The molecule has 0 spiro atoms. The molecule has 0 heterocycles. The van der Waals surface area contributed by atoms with Gasteiger partial charge in [-0.1, -0.05) is 76.8 Å². The van der Waals surface area contributed by atoms with E-state index >= 15 is 0 Å². The van der Waals surface area contributed by atoms with E-state index in [1.807, 2.05) is 12.1 Å². The smallest absolute Gasteiger partial charge is 0.276 e. The second kappa shape index (κ2) is 14.7. The van der Waals surface area contributed by atoms with Crippen LogP contribution in [0.5, 0.6) is 5.75 Å². The van der Waals surface area contributed by atoms with Crippen LogP contribution in [-0.4, -0.2) is 21.7 Å². The van der Waals surface area contributed by atoms with Crippen LogP contribution in [0, 0.1) is 0 Å². The number of ether oxygens (including phenoxy) is 1. The number of nitrogens with zero attached hydrogens (tertiary/aromatic N) is 1. The molecular formula is C26H38N2O3S. The lowest BCUT2D eigenvalue weighted by Crippen LogP contribution is -2.18. The van der Waals surface area contributed by atoms with Gasteiger partial charge in [-0.15, -0.1) is 0 Å². The molecule has 0 unspecified atom stereocenters. The first-order valence-corrected chi connectivity index (χ1v) is 13.3. The number of aryl methyl sites for hydroxylation is 1. The molecular weight excluding hydrogens is 420 g/mol. The molecule has 0 aromatic heterocycles. The first-order chi connectivity index (χ1) is 15.5. The first kappa shape index (κ1) is 25.9. The zero-order chi connectivity index (χ0) is 23.1. The molecule has 0 radical (unpaired) electrons. The van der Waals surface area contributed by atoms with Crippen LogP contribution in [0.1, 0.15) is 82.3 Å². The van der Waals surface area contributed by atoms with E-state index in [4.69, 9.17) is 4.74 Å². The van der Waals surface area contributed by atoms with Crippen molar-refractivity contribution in [3.8, 4) is 5.75 Å². The van der Waals surface area contributed by atoms with Gasteiger partial charge < -0.3 is 4.74 Å². The Balaban J connectivity index is 1.68. The Kier molecular flexibility index (Phi) is 11.9. The fourth-order valence-corrected chi connectivity index (χ4v) is 4.36. The average Bonchev–Trinajstić information content (AvgIpc) is 2.81. The fourth-order valence-electron chi connectivity index (χ4n) is 3.56. The van der Waals surface area contributed by atoms with E-state index in [2.05, 4.69) is 16.9 Å². The molecule has 2 aromatic rings. The van der Waals surface area contributed by atoms with Crippen LogP contribution < -0.4 is 9.57 Å².